The lowest BCUT2D eigenvalue weighted by molar-refractivity contribution is -0.155. The summed E-state index contributed by atoms with van der Waals surface area (Å²) in [5, 5.41) is 0. The molecule has 4 fully saturated rings. The Balaban J connectivity index is 1.37. The Morgan fingerprint density at radius 3 is 2.37 bits per heavy atom. The summed E-state index contributed by atoms with van der Waals surface area (Å²) in [7, 11) is 0. The van der Waals surface area contributed by atoms with Crippen LogP contribution in [0.3, 0.4) is 0 Å². The lowest BCUT2D eigenvalue weighted by Crippen LogP contribution is -2.53. The molecule has 4 rings (SSSR count). The number of fused-ring (bicyclic) bond motifs is 5. The standard InChI is InChI=1S/C28H48O2/c1-19-14-16-28(6)21(18-19)10-12-22-23-13-11-20(27(23,5)17-15-24(22)28)8-7-9-25(29)30-26(2,3)4/h19-24H,7-18H2,1-6H3/t19?,20?,21?,22?,23?,24-,27?,28-/m0/s1. The van der Waals surface area contributed by atoms with Gasteiger partial charge in [-0.1, -0.05) is 27.2 Å². The Hall–Kier alpha value is -0.530. The molecule has 0 spiro atoms. The van der Waals surface area contributed by atoms with Gasteiger partial charge in [0.1, 0.15) is 5.60 Å². The minimum atomic E-state index is -0.355. The largest absolute Gasteiger partial charge is 0.460 e. The molecular weight excluding hydrogens is 368 g/mol. The quantitative estimate of drug-likeness (QED) is 0.437. The minimum Gasteiger partial charge on any atom is -0.460 e. The fourth-order valence-electron chi connectivity index (χ4n) is 8.94. The average Bonchev–Trinajstić information content (AvgIpc) is 2.97. The van der Waals surface area contributed by atoms with Crippen LogP contribution in [0.4, 0.5) is 0 Å². The van der Waals surface area contributed by atoms with Crippen LogP contribution in [0, 0.1) is 46.3 Å². The number of esters is 1. The number of rotatable bonds is 4. The second kappa shape index (κ2) is 8.11. The summed E-state index contributed by atoms with van der Waals surface area (Å²) in [6.07, 6.45) is 16.0. The molecule has 0 aromatic heterocycles. The Morgan fingerprint density at radius 1 is 0.933 bits per heavy atom. The highest BCUT2D eigenvalue weighted by atomic mass is 16.6. The van der Waals surface area contributed by atoms with Crippen molar-refractivity contribution in [3.63, 3.8) is 0 Å². The number of ether oxygens (including phenoxy) is 1. The smallest absolute Gasteiger partial charge is 0.306 e. The highest BCUT2D eigenvalue weighted by molar-refractivity contribution is 5.69. The first-order valence-electron chi connectivity index (χ1n) is 13.2. The molecule has 4 saturated carbocycles. The normalized spacial score (nSPS) is 45.9. The highest BCUT2D eigenvalue weighted by Crippen LogP contribution is 2.68. The number of hydrogen-bond acceptors (Lipinski definition) is 2. The maximum Gasteiger partial charge on any atom is 0.306 e. The molecule has 4 aliphatic rings. The maximum absolute atomic E-state index is 12.2. The third-order valence-corrected chi connectivity index (χ3v) is 10.5. The fraction of sp³-hybridized carbons (Fsp3) is 0.964. The third kappa shape index (κ3) is 4.11. The Kier molecular flexibility index (Phi) is 6.12. The second-order valence-corrected chi connectivity index (χ2v) is 13.3. The summed E-state index contributed by atoms with van der Waals surface area (Å²) in [5.41, 5.74) is 0.803. The van der Waals surface area contributed by atoms with Crippen molar-refractivity contribution in [2.24, 2.45) is 46.3 Å². The van der Waals surface area contributed by atoms with Gasteiger partial charge in [-0.25, -0.2) is 0 Å². The Bertz CT molecular complexity index is 633. The van der Waals surface area contributed by atoms with Crippen molar-refractivity contribution in [3.05, 3.63) is 0 Å². The zero-order valence-corrected chi connectivity index (χ0v) is 20.8. The number of carbonyl (C=O) groups is 1. The molecule has 4 aliphatic carbocycles. The van der Waals surface area contributed by atoms with Gasteiger partial charge in [-0.3, -0.25) is 4.79 Å². The van der Waals surface area contributed by atoms with E-state index in [0.29, 0.717) is 17.3 Å². The van der Waals surface area contributed by atoms with Crippen LogP contribution in [-0.4, -0.2) is 11.6 Å². The van der Waals surface area contributed by atoms with Crippen molar-refractivity contribution < 1.29 is 9.53 Å². The number of hydrogen-bond donors (Lipinski definition) is 0. The molecule has 0 aliphatic heterocycles. The van der Waals surface area contributed by atoms with E-state index in [9.17, 15) is 4.79 Å². The molecule has 30 heavy (non-hydrogen) atoms. The first kappa shape index (κ1) is 22.7. The maximum atomic E-state index is 12.2. The topological polar surface area (TPSA) is 26.3 Å². The van der Waals surface area contributed by atoms with E-state index in [1.54, 1.807) is 0 Å². The van der Waals surface area contributed by atoms with Gasteiger partial charge in [-0.05, 0) is 131 Å². The van der Waals surface area contributed by atoms with Crippen molar-refractivity contribution >= 4 is 5.97 Å². The van der Waals surface area contributed by atoms with E-state index in [-0.39, 0.29) is 11.6 Å². The zero-order chi connectivity index (χ0) is 21.7. The van der Waals surface area contributed by atoms with E-state index in [2.05, 4.69) is 20.8 Å². The highest BCUT2D eigenvalue weighted by Gasteiger charge is 2.59. The van der Waals surface area contributed by atoms with Crippen molar-refractivity contribution in [2.45, 2.75) is 124 Å². The van der Waals surface area contributed by atoms with Crippen LogP contribution < -0.4 is 0 Å². The SMILES string of the molecule is CC1CC[C@@]2(C)C(CCC3C4CCC(CCCC(=O)OC(C)(C)C)C4(C)CC[C@@H]32)C1. The van der Waals surface area contributed by atoms with Crippen LogP contribution in [0.5, 0.6) is 0 Å². The minimum absolute atomic E-state index is 0.0105. The molecule has 0 heterocycles. The first-order chi connectivity index (χ1) is 14.0. The van der Waals surface area contributed by atoms with E-state index in [1.807, 2.05) is 20.8 Å². The second-order valence-electron chi connectivity index (χ2n) is 13.3. The van der Waals surface area contributed by atoms with Gasteiger partial charge in [0.2, 0.25) is 0 Å². The van der Waals surface area contributed by atoms with Crippen LogP contribution in [0.25, 0.3) is 0 Å². The first-order valence-corrected chi connectivity index (χ1v) is 13.2. The molecule has 0 radical (unpaired) electrons. The molecule has 2 heteroatoms. The van der Waals surface area contributed by atoms with Crippen LogP contribution in [0.1, 0.15) is 119 Å². The van der Waals surface area contributed by atoms with Gasteiger partial charge in [0.15, 0.2) is 0 Å². The summed E-state index contributed by atoms with van der Waals surface area (Å²) in [4.78, 5) is 12.2. The van der Waals surface area contributed by atoms with Gasteiger partial charge in [-0.15, -0.1) is 0 Å². The summed E-state index contributed by atoms with van der Waals surface area (Å²) >= 11 is 0. The molecule has 0 N–H and O–H groups in total. The van der Waals surface area contributed by atoms with Gasteiger partial charge in [0.25, 0.3) is 0 Å². The van der Waals surface area contributed by atoms with Gasteiger partial charge < -0.3 is 4.74 Å². The zero-order valence-electron chi connectivity index (χ0n) is 20.8. The van der Waals surface area contributed by atoms with Crippen LogP contribution >= 0.6 is 0 Å². The van der Waals surface area contributed by atoms with Gasteiger partial charge >= 0.3 is 5.97 Å². The summed E-state index contributed by atoms with van der Waals surface area (Å²) in [6.45, 7) is 13.7. The van der Waals surface area contributed by atoms with Crippen LogP contribution in [0.2, 0.25) is 0 Å². The monoisotopic (exact) mass is 416 g/mol. The molecule has 0 amide bonds. The molecule has 6 unspecified atom stereocenters. The fourth-order valence-corrected chi connectivity index (χ4v) is 8.94. The lowest BCUT2D eigenvalue weighted by atomic mass is 9.44. The van der Waals surface area contributed by atoms with Crippen LogP contribution in [-0.2, 0) is 9.53 Å². The molecular formula is C28H48O2. The van der Waals surface area contributed by atoms with Gasteiger partial charge in [0, 0.05) is 6.42 Å². The van der Waals surface area contributed by atoms with E-state index < -0.39 is 0 Å². The lowest BCUT2D eigenvalue weighted by Gasteiger charge is -2.61. The molecule has 172 valence electrons. The average molecular weight is 417 g/mol. The molecule has 0 aromatic carbocycles. The molecule has 2 nitrogen and oxygen atoms in total. The van der Waals surface area contributed by atoms with Crippen molar-refractivity contribution in [1.29, 1.82) is 0 Å². The van der Waals surface area contributed by atoms with E-state index in [4.69, 9.17) is 4.74 Å². The van der Waals surface area contributed by atoms with Crippen molar-refractivity contribution in [2.75, 3.05) is 0 Å². The van der Waals surface area contributed by atoms with Gasteiger partial charge in [0.05, 0.1) is 0 Å². The predicted octanol–water partition coefficient (Wildman–Crippen LogP) is 7.79. The molecule has 0 saturated heterocycles. The van der Waals surface area contributed by atoms with Crippen LogP contribution in [0.15, 0.2) is 0 Å². The molecule has 8 atom stereocenters. The van der Waals surface area contributed by atoms with E-state index in [0.717, 1.165) is 41.9 Å². The summed E-state index contributed by atoms with van der Waals surface area (Å²) < 4.78 is 5.53. The summed E-state index contributed by atoms with van der Waals surface area (Å²) in [5.74, 6) is 5.68. The van der Waals surface area contributed by atoms with E-state index in [1.165, 1.54) is 64.2 Å². The van der Waals surface area contributed by atoms with Gasteiger partial charge in [-0.2, -0.15) is 0 Å². The Labute approximate surface area is 186 Å². The predicted molar refractivity (Wildman–Crippen MR) is 124 cm³/mol. The van der Waals surface area contributed by atoms with Crippen molar-refractivity contribution in [1.82, 2.24) is 0 Å². The van der Waals surface area contributed by atoms with Crippen molar-refractivity contribution in [3.8, 4) is 0 Å². The number of carbonyl (C=O) groups excluding carboxylic acids is 1. The van der Waals surface area contributed by atoms with E-state index >= 15 is 0 Å². The third-order valence-electron chi connectivity index (χ3n) is 10.5. The summed E-state index contributed by atoms with van der Waals surface area (Å²) in [6, 6.07) is 0. The molecule has 0 bridgehead atoms. The molecule has 0 aromatic rings. The Morgan fingerprint density at radius 2 is 1.63 bits per heavy atom.